The second-order valence-electron chi connectivity index (χ2n) is 3.74. The van der Waals surface area contributed by atoms with Gasteiger partial charge in [-0.1, -0.05) is 23.9 Å². The molecule has 0 bridgehead atoms. The number of hydrogen-bond acceptors (Lipinski definition) is 3. The van der Waals surface area contributed by atoms with Crippen molar-refractivity contribution < 1.29 is 4.39 Å². The molecule has 4 heteroatoms. The summed E-state index contributed by atoms with van der Waals surface area (Å²) in [5.41, 5.74) is 6.55. The Hall–Kier alpha value is -1.39. The molecule has 1 atom stereocenters. The van der Waals surface area contributed by atoms with E-state index in [1.165, 1.54) is 17.8 Å². The molecule has 2 nitrogen and oxygen atoms in total. The van der Waals surface area contributed by atoms with E-state index in [1.54, 1.807) is 18.3 Å². The number of benzene rings is 1. The first kappa shape index (κ1) is 12.1. The van der Waals surface area contributed by atoms with Gasteiger partial charge in [-0.05, 0) is 31.2 Å². The van der Waals surface area contributed by atoms with Crippen molar-refractivity contribution in [1.29, 1.82) is 0 Å². The zero-order valence-electron chi connectivity index (χ0n) is 9.43. The lowest BCUT2D eigenvalue weighted by molar-refractivity contribution is 0.602. The monoisotopic (exact) mass is 248 g/mol. The van der Waals surface area contributed by atoms with Crippen LogP contribution in [0.5, 0.6) is 0 Å². The maximum absolute atomic E-state index is 13.4. The summed E-state index contributed by atoms with van der Waals surface area (Å²) in [6.07, 6.45) is 1.72. The lowest BCUT2D eigenvalue weighted by Crippen LogP contribution is -2.06. The Morgan fingerprint density at radius 2 is 2.00 bits per heavy atom. The van der Waals surface area contributed by atoms with Gasteiger partial charge in [0.15, 0.2) is 0 Å². The number of nitrogens with zero attached hydrogens (tertiary/aromatic N) is 1. The van der Waals surface area contributed by atoms with Crippen molar-refractivity contribution in [2.75, 3.05) is 0 Å². The highest BCUT2D eigenvalue weighted by Gasteiger charge is 2.05. The fourth-order valence-electron chi connectivity index (χ4n) is 1.38. The molecule has 17 heavy (non-hydrogen) atoms. The molecule has 2 rings (SSSR count). The molecule has 88 valence electrons. The third-order valence-corrected chi connectivity index (χ3v) is 3.32. The molecule has 0 spiro atoms. The average Bonchev–Trinajstić information content (AvgIpc) is 2.33. The Morgan fingerprint density at radius 3 is 2.59 bits per heavy atom. The Bertz CT molecular complexity index is 497. The van der Waals surface area contributed by atoms with Crippen LogP contribution in [-0.2, 0) is 0 Å². The molecule has 0 aliphatic carbocycles. The van der Waals surface area contributed by atoms with E-state index in [2.05, 4.69) is 4.98 Å². The lowest BCUT2D eigenvalue weighted by Gasteiger charge is -2.06. The summed E-state index contributed by atoms with van der Waals surface area (Å²) in [6, 6.07) is 10.4. The Balaban J connectivity index is 2.17. The second-order valence-corrected chi connectivity index (χ2v) is 4.86. The number of pyridine rings is 1. The molecular weight excluding hydrogens is 235 g/mol. The minimum absolute atomic E-state index is 0.0810. The largest absolute Gasteiger partial charge is 0.323 e. The highest BCUT2D eigenvalue weighted by Crippen LogP contribution is 2.29. The number of halogens is 1. The van der Waals surface area contributed by atoms with Gasteiger partial charge in [0.25, 0.3) is 0 Å². The highest BCUT2D eigenvalue weighted by atomic mass is 32.2. The molecule has 0 saturated heterocycles. The number of rotatable bonds is 3. The van der Waals surface area contributed by atoms with Crippen LogP contribution in [0.3, 0.4) is 0 Å². The van der Waals surface area contributed by atoms with Crippen LogP contribution in [-0.4, -0.2) is 4.98 Å². The molecule has 0 radical (unpaired) electrons. The van der Waals surface area contributed by atoms with Crippen molar-refractivity contribution >= 4 is 11.8 Å². The van der Waals surface area contributed by atoms with Crippen LogP contribution in [0.2, 0.25) is 0 Å². The van der Waals surface area contributed by atoms with E-state index >= 15 is 0 Å². The first-order chi connectivity index (χ1) is 8.16. The van der Waals surface area contributed by atoms with E-state index in [-0.39, 0.29) is 11.9 Å². The summed E-state index contributed by atoms with van der Waals surface area (Å²) >= 11 is 1.36. The maximum atomic E-state index is 13.4. The zero-order valence-corrected chi connectivity index (χ0v) is 10.2. The van der Waals surface area contributed by atoms with Gasteiger partial charge in [0.2, 0.25) is 0 Å². The molecule has 0 unspecified atom stereocenters. The SMILES string of the molecule is C[C@H](N)c1ccc(Sc2ccccc2F)cn1. The third kappa shape index (κ3) is 3.05. The van der Waals surface area contributed by atoms with Crippen molar-refractivity contribution in [2.45, 2.75) is 22.8 Å². The fourth-order valence-corrected chi connectivity index (χ4v) is 2.18. The third-order valence-electron chi connectivity index (χ3n) is 2.29. The summed E-state index contributed by atoms with van der Waals surface area (Å²) in [7, 11) is 0. The van der Waals surface area contributed by atoms with Crippen molar-refractivity contribution in [3.05, 3.63) is 54.1 Å². The van der Waals surface area contributed by atoms with Crippen LogP contribution in [0.4, 0.5) is 4.39 Å². The van der Waals surface area contributed by atoms with Gasteiger partial charge in [0, 0.05) is 22.0 Å². The van der Waals surface area contributed by atoms with E-state index in [4.69, 9.17) is 5.73 Å². The first-order valence-corrected chi connectivity index (χ1v) is 6.12. The van der Waals surface area contributed by atoms with Crippen molar-refractivity contribution in [2.24, 2.45) is 5.73 Å². The molecule has 0 aliphatic rings. The predicted molar refractivity (Wildman–Crippen MR) is 67.4 cm³/mol. The quantitative estimate of drug-likeness (QED) is 0.905. The van der Waals surface area contributed by atoms with E-state index in [0.717, 1.165) is 10.6 Å². The van der Waals surface area contributed by atoms with Crippen molar-refractivity contribution in [3.63, 3.8) is 0 Å². The second kappa shape index (κ2) is 5.29. The summed E-state index contributed by atoms with van der Waals surface area (Å²) < 4.78 is 13.4. The van der Waals surface area contributed by atoms with E-state index < -0.39 is 0 Å². The Morgan fingerprint density at radius 1 is 1.24 bits per heavy atom. The molecule has 0 amide bonds. The van der Waals surface area contributed by atoms with E-state index in [1.807, 2.05) is 25.1 Å². The smallest absolute Gasteiger partial charge is 0.137 e. The minimum Gasteiger partial charge on any atom is -0.323 e. The highest BCUT2D eigenvalue weighted by molar-refractivity contribution is 7.99. The van der Waals surface area contributed by atoms with Crippen LogP contribution < -0.4 is 5.73 Å². The van der Waals surface area contributed by atoms with Gasteiger partial charge in [-0.15, -0.1) is 0 Å². The summed E-state index contributed by atoms with van der Waals surface area (Å²) in [5.74, 6) is -0.214. The van der Waals surface area contributed by atoms with E-state index in [9.17, 15) is 4.39 Å². The van der Waals surface area contributed by atoms with Crippen molar-refractivity contribution in [1.82, 2.24) is 4.98 Å². The van der Waals surface area contributed by atoms with Crippen LogP contribution >= 0.6 is 11.8 Å². The van der Waals surface area contributed by atoms with Crippen LogP contribution in [0.25, 0.3) is 0 Å². The van der Waals surface area contributed by atoms with Crippen molar-refractivity contribution in [3.8, 4) is 0 Å². The van der Waals surface area contributed by atoms with Gasteiger partial charge in [0.1, 0.15) is 5.82 Å². The lowest BCUT2D eigenvalue weighted by atomic mass is 10.2. The fraction of sp³-hybridized carbons (Fsp3) is 0.154. The molecule has 1 aromatic carbocycles. The molecule has 0 aliphatic heterocycles. The number of nitrogens with two attached hydrogens (primary N) is 1. The normalized spacial score (nSPS) is 12.4. The van der Waals surface area contributed by atoms with Gasteiger partial charge in [0.05, 0.1) is 5.69 Å². The topological polar surface area (TPSA) is 38.9 Å². The molecular formula is C13H13FN2S. The average molecular weight is 248 g/mol. The molecule has 2 aromatic rings. The molecule has 2 N–H and O–H groups in total. The molecule has 1 heterocycles. The van der Waals surface area contributed by atoms with Crippen LogP contribution in [0.1, 0.15) is 18.7 Å². The maximum Gasteiger partial charge on any atom is 0.137 e. The standard InChI is InChI=1S/C13H13FN2S/c1-9(15)12-7-6-10(8-16-12)17-13-5-3-2-4-11(13)14/h2-9H,15H2,1H3/t9-/m0/s1. The zero-order chi connectivity index (χ0) is 12.3. The minimum atomic E-state index is -0.214. The van der Waals surface area contributed by atoms with Crippen LogP contribution in [0, 0.1) is 5.82 Å². The van der Waals surface area contributed by atoms with Crippen LogP contribution in [0.15, 0.2) is 52.4 Å². The summed E-state index contributed by atoms with van der Waals surface area (Å²) in [4.78, 5) is 5.74. The summed E-state index contributed by atoms with van der Waals surface area (Å²) in [6.45, 7) is 1.88. The number of aromatic nitrogens is 1. The van der Waals surface area contributed by atoms with Gasteiger partial charge >= 0.3 is 0 Å². The summed E-state index contributed by atoms with van der Waals surface area (Å²) in [5, 5.41) is 0. The number of hydrogen-bond donors (Lipinski definition) is 1. The van der Waals surface area contributed by atoms with E-state index in [0.29, 0.717) is 4.90 Å². The van der Waals surface area contributed by atoms with Gasteiger partial charge in [-0.25, -0.2) is 4.39 Å². The van der Waals surface area contributed by atoms with Gasteiger partial charge < -0.3 is 5.73 Å². The van der Waals surface area contributed by atoms with Gasteiger partial charge in [-0.3, -0.25) is 4.98 Å². The molecule has 0 saturated carbocycles. The predicted octanol–water partition coefficient (Wildman–Crippen LogP) is 3.39. The van der Waals surface area contributed by atoms with Gasteiger partial charge in [-0.2, -0.15) is 0 Å². The first-order valence-electron chi connectivity index (χ1n) is 5.31. The Labute approximate surface area is 104 Å². The molecule has 1 aromatic heterocycles. The molecule has 0 fully saturated rings. The Kier molecular flexibility index (Phi) is 3.76.